The Morgan fingerprint density at radius 2 is 2.00 bits per heavy atom. The highest BCUT2D eigenvalue weighted by Crippen LogP contribution is 2.30. The first kappa shape index (κ1) is 15.7. The second kappa shape index (κ2) is 5.79. The van der Waals surface area contributed by atoms with Crippen molar-refractivity contribution in [3.63, 3.8) is 0 Å². The van der Waals surface area contributed by atoms with Crippen molar-refractivity contribution < 1.29 is 8.42 Å². The maximum Gasteiger partial charge on any atom is 0.242 e. The van der Waals surface area contributed by atoms with E-state index in [1.807, 2.05) is 30.8 Å². The fourth-order valence-corrected chi connectivity index (χ4v) is 5.39. The molecule has 0 bridgehead atoms. The highest BCUT2D eigenvalue weighted by atomic mass is 32.2. The van der Waals surface area contributed by atoms with Gasteiger partial charge >= 0.3 is 0 Å². The Labute approximate surface area is 135 Å². The van der Waals surface area contributed by atoms with Gasteiger partial charge in [0.15, 0.2) is 0 Å². The Bertz CT molecular complexity index is 784. The van der Waals surface area contributed by atoms with Gasteiger partial charge in [0, 0.05) is 29.9 Å². The zero-order chi connectivity index (χ0) is 15.9. The van der Waals surface area contributed by atoms with Crippen LogP contribution in [0, 0.1) is 13.8 Å². The maximum atomic E-state index is 12.7. The summed E-state index contributed by atoms with van der Waals surface area (Å²) in [5.41, 5.74) is 2.54. The number of hydrogen-bond acceptors (Lipinski definition) is 4. The number of aromatic nitrogens is 2. The minimum absolute atomic E-state index is 0.0789. The molecule has 120 valence electrons. The van der Waals surface area contributed by atoms with E-state index in [-0.39, 0.29) is 6.04 Å². The zero-order valence-corrected chi connectivity index (χ0v) is 14.7. The molecule has 0 aromatic carbocycles. The fourth-order valence-electron chi connectivity index (χ4n) is 2.95. The van der Waals surface area contributed by atoms with Crippen molar-refractivity contribution in [2.45, 2.75) is 50.5 Å². The molecule has 7 heteroatoms. The Hall–Kier alpha value is -1.18. The maximum absolute atomic E-state index is 12.7. The summed E-state index contributed by atoms with van der Waals surface area (Å²) in [4.78, 5) is 4.83. The fraction of sp³-hybridized carbons (Fsp3) is 0.533. The summed E-state index contributed by atoms with van der Waals surface area (Å²) < 4.78 is 30.1. The predicted molar refractivity (Wildman–Crippen MR) is 88.6 cm³/mol. The van der Waals surface area contributed by atoms with Crippen LogP contribution in [0.4, 0.5) is 0 Å². The second-order valence-corrected chi connectivity index (χ2v) is 8.48. The van der Waals surface area contributed by atoms with E-state index < -0.39 is 10.0 Å². The zero-order valence-electron chi connectivity index (χ0n) is 13.1. The van der Waals surface area contributed by atoms with Crippen LogP contribution in [-0.4, -0.2) is 24.0 Å². The summed E-state index contributed by atoms with van der Waals surface area (Å²) in [7, 11) is -1.59. The molecule has 0 spiro atoms. The van der Waals surface area contributed by atoms with Crippen molar-refractivity contribution in [3.05, 3.63) is 22.8 Å². The van der Waals surface area contributed by atoms with Crippen LogP contribution in [0.25, 0.3) is 10.7 Å². The lowest BCUT2D eigenvalue weighted by molar-refractivity contribution is 0.551. The highest BCUT2D eigenvalue weighted by molar-refractivity contribution is 7.89. The number of sulfonamides is 1. The second-order valence-electron chi connectivity index (χ2n) is 5.93. The minimum Gasteiger partial charge on any atom is -0.345 e. The highest BCUT2D eigenvalue weighted by Gasteiger charge is 2.27. The van der Waals surface area contributed by atoms with Gasteiger partial charge in [-0.05, 0) is 32.8 Å². The van der Waals surface area contributed by atoms with Crippen LogP contribution in [0.2, 0.25) is 0 Å². The first-order chi connectivity index (χ1) is 10.4. The minimum atomic E-state index is -3.47. The normalized spacial score (nSPS) is 16.5. The molecular formula is C15H21N3O2S2. The average Bonchev–Trinajstić information content (AvgIpc) is 3.14. The molecule has 3 rings (SSSR count). The standard InChI is InChI=1S/C15H21N3O2S2/c1-10-9-21-15(16-10)13-8-14(11(2)18(13)3)22(19,20)17-12-6-4-5-7-12/h8-9,12,17H,4-7H2,1-3H3. The van der Waals surface area contributed by atoms with E-state index in [1.165, 1.54) is 11.3 Å². The molecule has 0 aliphatic heterocycles. The Balaban J connectivity index is 1.97. The quantitative estimate of drug-likeness (QED) is 0.931. The van der Waals surface area contributed by atoms with Crippen molar-refractivity contribution in [2.75, 3.05) is 0 Å². The van der Waals surface area contributed by atoms with Crippen LogP contribution in [-0.2, 0) is 17.1 Å². The van der Waals surface area contributed by atoms with E-state index in [1.54, 1.807) is 6.07 Å². The summed E-state index contributed by atoms with van der Waals surface area (Å²) in [6, 6.07) is 1.82. The van der Waals surface area contributed by atoms with E-state index in [2.05, 4.69) is 9.71 Å². The van der Waals surface area contributed by atoms with Crippen LogP contribution in [0.5, 0.6) is 0 Å². The van der Waals surface area contributed by atoms with Gasteiger partial charge in [-0.2, -0.15) is 0 Å². The number of hydrogen-bond donors (Lipinski definition) is 1. The third kappa shape index (κ3) is 2.85. The molecule has 1 aliphatic rings. The summed E-state index contributed by atoms with van der Waals surface area (Å²) in [5.74, 6) is 0. The van der Waals surface area contributed by atoms with E-state index in [4.69, 9.17) is 0 Å². The molecule has 0 atom stereocenters. The SMILES string of the molecule is Cc1csc(-c2cc(S(=O)(=O)NC3CCCC3)c(C)n2C)n1. The molecule has 0 amide bonds. The van der Waals surface area contributed by atoms with Crippen molar-refractivity contribution >= 4 is 21.4 Å². The van der Waals surface area contributed by atoms with Gasteiger partial charge in [-0.3, -0.25) is 0 Å². The topological polar surface area (TPSA) is 64.0 Å². The van der Waals surface area contributed by atoms with Gasteiger partial charge in [0.2, 0.25) is 10.0 Å². The Morgan fingerprint density at radius 1 is 1.32 bits per heavy atom. The Kier molecular flexibility index (Phi) is 4.13. The van der Waals surface area contributed by atoms with E-state index >= 15 is 0 Å². The van der Waals surface area contributed by atoms with Gasteiger partial charge in [0.1, 0.15) is 9.90 Å². The van der Waals surface area contributed by atoms with Crippen LogP contribution in [0.15, 0.2) is 16.3 Å². The van der Waals surface area contributed by atoms with Crippen molar-refractivity contribution in [1.29, 1.82) is 0 Å². The molecule has 22 heavy (non-hydrogen) atoms. The molecule has 5 nitrogen and oxygen atoms in total. The summed E-state index contributed by atoms with van der Waals surface area (Å²) >= 11 is 1.54. The lowest BCUT2D eigenvalue weighted by atomic mass is 10.3. The molecule has 2 heterocycles. The number of nitrogens with zero attached hydrogens (tertiary/aromatic N) is 2. The summed E-state index contributed by atoms with van der Waals surface area (Å²) in [5, 5.41) is 2.83. The summed E-state index contributed by atoms with van der Waals surface area (Å²) in [6.45, 7) is 3.78. The molecule has 1 fully saturated rings. The Morgan fingerprint density at radius 3 is 2.59 bits per heavy atom. The predicted octanol–water partition coefficient (Wildman–Crippen LogP) is 2.99. The van der Waals surface area contributed by atoms with E-state index in [0.717, 1.165) is 47.8 Å². The molecule has 0 saturated heterocycles. The molecule has 1 N–H and O–H groups in total. The van der Waals surface area contributed by atoms with Crippen molar-refractivity contribution in [2.24, 2.45) is 7.05 Å². The number of nitrogens with one attached hydrogen (secondary N) is 1. The van der Waals surface area contributed by atoms with Gasteiger partial charge in [-0.15, -0.1) is 11.3 Å². The molecule has 1 saturated carbocycles. The monoisotopic (exact) mass is 339 g/mol. The third-order valence-corrected chi connectivity index (χ3v) is 6.91. The molecule has 1 aliphatic carbocycles. The first-order valence-electron chi connectivity index (χ1n) is 7.49. The smallest absolute Gasteiger partial charge is 0.242 e. The van der Waals surface area contributed by atoms with Crippen LogP contribution in [0.3, 0.4) is 0 Å². The van der Waals surface area contributed by atoms with Crippen LogP contribution >= 0.6 is 11.3 Å². The molecule has 2 aromatic heterocycles. The van der Waals surface area contributed by atoms with Crippen molar-refractivity contribution in [1.82, 2.24) is 14.3 Å². The van der Waals surface area contributed by atoms with E-state index in [9.17, 15) is 8.42 Å². The lowest BCUT2D eigenvalue weighted by Gasteiger charge is -2.12. The lowest BCUT2D eigenvalue weighted by Crippen LogP contribution is -2.32. The van der Waals surface area contributed by atoms with Gasteiger partial charge in [-0.25, -0.2) is 18.1 Å². The first-order valence-corrected chi connectivity index (χ1v) is 9.86. The van der Waals surface area contributed by atoms with E-state index in [0.29, 0.717) is 4.90 Å². The number of thiazole rings is 1. The number of aryl methyl sites for hydroxylation is 1. The molecule has 2 aromatic rings. The average molecular weight is 339 g/mol. The molecule has 0 unspecified atom stereocenters. The van der Waals surface area contributed by atoms with Gasteiger partial charge in [0.05, 0.1) is 5.69 Å². The van der Waals surface area contributed by atoms with Crippen LogP contribution < -0.4 is 4.72 Å². The molecule has 0 radical (unpaired) electrons. The molecular weight excluding hydrogens is 318 g/mol. The largest absolute Gasteiger partial charge is 0.345 e. The third-order valence-electron chi connectivity index (χ3n) is 4.29. The van der Waals surface area contributed by atoms with Crippen LogP contribution in [0.1, 0.15) is 37.1 Å². The summed E-state index contributed by atoms with van der Waals surface area (Å²) in [6.07, 6.45) is 4.07. The number of rotatable bonds is 4. The van der Waals surface area contributed by atoms with Crippen molar-refractivity contribution in [3.8, 4) is 10.7 Å². The van der Waals surface area contributed by atoms with Gasteiger partial charge < -0.3 is 4.57 Å². The van der Waals surface area contributed by atoms with Gasteiger partial charge in [-0.1, -0.05) is 12.8 Å². The van der Waals surface area contributed by atoms with Gasteiger partial charge in [0.25, 0.3) is 0 Å².